The standard InChI is InChI=1S/C10H9O.3C10H13.Sn/c1-9(11)7-8-10-5-3-2-4-6-10;3*1-10(2,3)9-7-5-4-6-8-9;/h2-6,8H,1H3;3*4-8H,1H2,2-3H3;. The van der Waals surface area contributed by atoms with Gasteiger partial charge < -0.3 is 0 Å². The molecule has 0 bridgehead atoms. The van der Waals surface area contributed by atoms with Gasteiger partial charge in [0.1, 0.15) is 0 Å². The van der Waals surface area contributed by atoms with E-state index in [-0.39, 0.29) is 22.0 Å². The number of benzene rings is 4. The van der Waals surface area contributed by atoms with Crippen LogP contribution in [0.3, 0.4) is 0 Å². The maximum atomic E-state index is 14.0. The summed E-state index contributed by atoms with van der Waals surface area (Å²) in [5.74, 6) is 0.242. The van der Waals surface area contributed by atoms with Crippen molar-refractivity contribution in [2.45, 2.75) is 78.0 Å². The SMILES string of the molecule is CC(=O)/[C](=C/c1ccccc1)[Sn]([CH2]C(C)(C)c1ccccc1)([CH2]C(C)(C)c1ccccc1)[CH2]C(C)(C)c1ccccc1. The van der Waals surface area contributed by atoms with Crippen LogP contribution in [0.5, 0.6) is 0 Å². The van der Waals surface area contributed by atoms with Crippen LogP contribution in [-0.2, 0) is 21.0 Å². The van der Waals surface area contributed by atoms with Gasteiger partial charge >= 0.3 is 260 Å². The van der Waals surface area contributed by atoms with Crippen LogP contribution in [0, 0.1) is 0 Å². The van der Waals surface area contributed by atoms with Crippen LogP contribution in [0.2, 0.25) is 13.3 Å². The number of Topliss-reactive ketones (excluding diaryl/α,β-unsaturated/α-hetero) is 1. The van der Waals surface area contributed by atoms with Gasteiger partial charge in [-0.3, -0.25) is 0 Å². The van der Waals surface area contributed by atoms with Gasteiger partial charge in [-0.25, -0.2) is 0 Å². The van der Waals surface area contributed by atoms with E-state index in [1.54, 1.807) is 0 Å². The number of ketones is 1. The molecule has 0 spiro atoms. The van der Waals surface area contributed by atoms with Gasteiger partial charge in [-0.2, -0.15) is 0 Å². The molecule has 0 aliphatic carbocycles. The quantitative estimate of drug-likeness (QED) is 0.109. The first kappa shape index (κ1) is 32.0. The molecular formula is C40H48OSn. The molecule has 0 saturated carbocycles. The molecule has 0 N–H and O–H groups in total. The summed E-state index contributed by atoms with van der Waals surface area (Å²) in [6, 6.07) is 43.4. The van der Waals surface area contributed by atoms with Crippen LogP contribution in [0.15, 0.2) is 125 Å². The number of carbonyl (C=O) groups excluding carboxylic acids is 1. The average molecular weight is 664 g/mol. The molecule has 1 nitrogen and oxygen atoms in total. The summed E-state index contributed by atoms with van der Waals surface area (Å²) in [6.45, 7) is 16.2. The Morgan fingerprint density at radius 2 is 0.810 bits per heavy atom. The molecule has 0 atom stereocenters. The molecular weight excluding hydrogens is 615 g/mol. The van der Waals surface area contributed by atoms with Gasteiger partial charge in [0.05, 0.1) is 0 Å². The van der Waals surface area contributed by atoms with Crippen molar-refractivity contribution in [3.05, 3.63) is 147 Å². The predicted molar refractivity (Wildman–Crippen MR) is 184 cm³/mol. The number of carbonyl (C=O) groups is 1. The van der Waals surface area contributed by atoms with Gasteiger partial charge in [-0.15, -0.1) is 0 Å². The molecule has 0 aliphatic heterocycles. The van der Waals surface area contributed by atoms with Crippen molar-refractivity contribution < 1.29 is 4.79 Å². The second-order valence-corrected chi connectivity index (χ2v) is 26.0. The van der Waals surface area contributed by atoms with E-state index in [9.17, 15) is 4.79 Å². The molecule has 4 rings (SSSR count). The third-order valence-electron chi connectivity index (χ3n) is 9.07. The Hall–Kier alpha value is -2.91. The van der Waals surface area contributed by atoms with Crippen LogP contribution in [0.4, 0.5) is 0 Å². The van der Waals surface area contributed by atoms with Gasteiger partial charge in [0.25, 0.3) is 0 Å². The number of rotatable bonds is 12. The van der Waals surface area contributed by atoms with Crippen LogP contribution >= 0.6 is 0 Å². The van der Waals surface area contributed by atoms with E-state index in [1.807, 2.05) is 6.92 Å². The van der Waals surface area contributed by atoms with Crippen molar-refractivity contribution in [3.63, 3.8) is 0 Å². The fourth-order valence-electron chi connectivity index (χ4n) is 7.33. The number of hydrogen-bond donors (Lipinski definition) is 0. The summed E-state index contributed by atoms with van der Waals surface area (Å²) in [6.07, 6.45) is 2.28. The van der Waals surface area contributed by atoms with Crippen LogP contribution in [0.1, 0.15) is 70.7 Å². The molecule has 0 amide bonds. The van der Waals surface area contributed by atoms with Crippen molar-refractivity contribution in [3.8, 4) is 0 Å². The molecule has 0 aliphatic rings. The molecule has 4 aromatic rings. The molecule has 0 radical (unpaired) electrons. The Kier molecular flexibility index (Phi) is 10.0. The molecule has 0 saturated heterocycles. The molecule has 218 valence electrons. The van der Waals surface area contributed by atoms with Crippen molar-refractivity contribution >= 4 is 30.2 Å². The summed E-state index contributed by atoms with van der Waals surface area (Å²) < 4.78 is 4.29. The van der Waals surface area contributed by atoms with Crippen molar-refractivity contribution in [2.24, 2.45) is 0 Å². The molecule has 0 aromatic heterocycles. The van der Waals surface area contributed by atoms with Crippen LogP contribution in [-0.4, -0.2) is 24.2 Å². The predicted octanol–water partition coefficient (Wildman–Crippen LogP) is 10.6. The Balaban J connectivity index is 2.00. The fourth-order valence-corrected chi connectivity index (χ4v) is 29.7. The van der Waals surface area contributed by atoms with Crippen LogP contribution < -0.4 is 0 Å². The summed E-state index contributed by atoms with van der Waals surface area (Å²) in [4.78, 5) is 14.0. The van der Waals surface area contributed by atoms with Crippen LogP contribution in [0.25, 0.3) is 6.08 Å². The molecule has 0 fully saturated rings. The summed E-state index contributed by atoms with van der Waals surface area (Å²) in [5.41, 5.74) is 4.93. The van der Waals surface area contributed by atoms with E-state index in [0.29, 0.717) is 0 Å². The normalized spacial score (nSPS) is 13.2. The van der Waals surface area contributed by atoms with Crippen molar-refractivity contribution in [2.75, 3.05) is 0 Å². The third kappa shape index (κ3) is 7.72. The Morgan fingerprint density at radius 1 is 0.524 bits per heavy atom. The van der Waals surface area contributed by atoms with E-state index < -0.39 is 18.4 Å². The first-order valence-electron chi connectivity index (χ1n) is 15.3. The summed E-state index contributed by atoms with van der Waals surface area (Å²) in [7, 11) is 0. The minimum absolute atomic E-state index is 0.0812. The van der Waals surface area contributed by atoms with Gasteiger partial charge in [-0.05, 0) is 0 Å². The first-order valence-corrected chi connectivity index (χ1v) is 22.8. The van der Waals surface area contributed by atoms with Gasteiger partial charge in [0, 0.05) is 0 Å². The van der Waals surface area contributed by atoms with Gasteiger partial charge in [0.15, 0.2) is 0 Å². The minimum atomic E-state index is -3.73. The molecule has 2 heteroatoms. The zero-order chi connectivity index (χ0) is 30.4. The topological polar surface area (TPSA) is 17.1 Å². The van der Waals surface area contributed by atoms with Crippen molar-refractivity contribution in [1.82, 2.24) is 0 Å². The third-order valence-corrected chi connectivity index (χ3v) is 27.1. The van der Waals surface area contributed by atoms with E-state index in [4.69, 9.17) is 0 Å². The Morgan fingerprint density at radius 3 is 1.10 bits per heavy atom. The fraction of sp³-hybridized carbons (Fsp3) is 0.325. The average Bonchev–Trinajstić information content (AvgIpc) is 2.97. The zero-order valence-electron chi connectivity index (χ0n) is 26.7. The Labute approximate surface area is 259 Å². The molecule has 0 unspecified atom stereocenters. The molecule has 0 heterocycles. The maximum absolute atomic E-state index is 14.0. The van der Waals surface area contributed by atoms with Crippen molar-refractivity contribution in [1.29, 1.82) is 0 Å². The molecule has 4 aromatic carbocycles. The number of hydrogen-bond acceptors (Lipinski definition) is 1. The zero-order valence-corrected chi connectivity index (χ0v) is 29.5. The summed E-state index contributed by atoms with van der Waals surface area (Å²) >= 11 is -3.73. The second-order valence-electron chi connectivity index (χ2n) is 14.1. The van der Waals surface area contributed by atoms with E-state index in [2.05, 4.69) is 169 Å². The first-order chi connectivity index (χ1) is 19.8. The van der Waals surface area contributed by atoms with Gasteiger partial charge in [-0.1, -0.05) is 0 Å². The Bertz CT molecular complexity index is 1340. The summed E-state index contributed by atoms with van der Waals surface area (Å²) in [5, 5.41) is 0. The number of allylic oxidation sites excluding steroid dienone is 1. The van der Waals surface area contributed by atoms with Gasteiger partial charge in [0.2, 0.25) is 0 Å². The molecule has 42 heavy (non-hydrogen) atoms. The monoisotopic (exact) mass is 664 g/mol. The van der Waals surface area contributed by atoms with E-state index in [1.165, 1.54) is 16.7 Å². The van der Waals surface area contributed by atoms with E-state index >= 15 is 0 Å². The second kappa shape index (κ2) is 13.2. The van der Waals surface area contributed by atoms with E-state index in [0.717, 1.165) is 22.5 Å².